The lowest BCUT2D eigenvalue weighted by Gasteiger charge is -2.18. The fraction of sp³-hybridized carbons (Fsp3) is 0.320. The second kappa shape index (κ2) is 8.02. The first-order chi connectivity index (χ1) is 14.7. The van der Waals surface area contributed by atoms with Crippen molar-refractivity contribution in [3.63, 3.8) is 0 Å². The highest BCUT2D eigenvalue weighted by molar-refractivity contribution is 6.12. The zero-order valence-corrected chi connectivity index (χ0v) is 18.1. The van der Waals surface area contributed by atoms with Crippen LogP contribution in [0.2, 0.25) is 0 Å². The molecule has 1 aliphatic heterocycles. The average Bonchev–Trinajstić information content (AvgIpc) is 3.53. The summed E-state index contributed by atoms with van der Waals surface area (Å²) < 4.78 is 16.1. The molecule has 0 aromatic heterocycles. The molecule has 0 bridgehead atoms. The highest BCUT2D eigenvalue weighted by atomic mass is 16.6. The van der Waals surface area contributed by atoms with Gasteiger partial charge in [-0.25, -0.2) is 9.79 Å². The third-order valence-corrected chi connectivity index (χ3v) is 5.23. The van der Waals surface area contributed by atoms with Crippen molar-refractivity contribution in [1.82, 2.24) is 0 Å². The zero-order chi connectivity index (χ0) is 22.2. The molecular weight excluding hydrogens is 394 g/mol. The predicted octanol–water partition coefficient (Wildman–Crippen LogP) is 4.65. The second-order valence-electron chi connectivity index (χ2n) is 8.77. The molecule has 0 unspecified atom stereocenters. The maximum atomic E-state index is 12.3. The van der Waals surface area contributed by atoms with E-state index >= 15 is 0 Å². The van der Waals surface area contributed by atoms with E-state index < -0.39 is 5.97 Å². The number of carbonyl (C=O) groups is 2. The van der Waals surface area contributed by atoms with Gasteiger partial charge in [-0.3, -0.25) is 4.79 Å². The van der Waals surface area contributed by atoms with Crippen LogP contribution in [0.5, 0.6) is 11.5 Å². The minimum absolute atomic E-state index is 0.00928. The van der Waals surface area contributed by atoms with Gasteiger partial charge in [0.1, 0.15) is 0 Å². The number of esters is 2. The number of hydrogen-bond acceptors (Lipinski definition) is 6. The van der Waals surface area contributed by atoms with Gasteiger partial charge < -0.3 is 14.2 Å². The van der Waals surface area contributed by atoms with Crippen LogP contribution in [-0.4, -0.2) is 24.9 Å². The van der Waals surface area contributed by atoms with Gasteiger partial charge in [-0.1, -0.05) is 39.0 Å². The number of cyclic esters (lactones) is 1. The molecule has 160 valence electrons. The first kappa shape index (κ1) is 20.8. The Bertz CT molecular complexity index is 1090. The standard InChI is InChI=1S/C25H25NO5/c1-25(2,3)18-10-8-16(9-11-18)22-26-19(24(28)31-22)13-15-5-12-20(21(14-15)29-4)30-23(27)17-6-7-17/h5,8-14,17H,6-7H2,1-4H3/b19-13-. The van der Waals surface area contributed by atoms with E-state index in [0.717, 1.165) is 18.4 Å². The highest BCUT2D eigenvalue weighted by Gasteiger charge is 2.32. The zero-order valence-electron chi connectivity index (χ0n) is 18.1. The molecule has 31 heavy (non-hydrogen) atoms. The summed E-state index contributed by atoms with van der Waals surface area (Å²) in [6.45, 7) is 6.42. The molecule has 0 atom stereocenters. The van der Waals surface area contributed by atoms with Crippen molar-refractivity contribution < 1.29 is 23.8 Å². The van der Waals surface area contributed by atoms with Crippen LogP contribution in [0, 0.1) is 5.92 Å². The van der Waals surface area contributed by atoms with E-state index in [-0.39, 0.29) is 28.9 Å². The lowest BCUT2D eigenvalue weighted by atomic mass is 9.87. The number of benzene rings is 2. The average molecular weight is 419 g/mol. The van der Waals surface area contributed by atoms with Crippen LogP contribution in [0.4, 0.5) is 0 Å². The number of aliphatic imine (C=N–C) groups is 1. The van der Waals surface area contributed by atoms with E-state index in [1.165, 1.54) is 12.7 Å². The molecule has 6 nitrogen and oxygen atoms in total. The molecule has 0 saturated heterocycles. The number of methoxy groups -OCH3 is 1. The van der Waals surface area contributed by atoms with Crippen molar-refractivity contribution in [3.8, 4) is 11.5 Å². The maximum absolute atomic E-state index is 12.3. The number of rotatable bonds is 5. The molecule has 0 amide bonds. The van der Waals surface area contributed by atoms with Crippen LogP contribution < -0.4 is 9.47 Å². The van der Waals surface area contributed by atoms with Gasteiger partial charge in [-0.15, -0.1) is 0 Å². The summed E-state index contributed by atoms with van der Waals surface area (Å²) in [7, 11) is 1.50. The SMILES string of the molecule is COc1cc(/C=C2\N=C(c3ccc(C(C)(C)C)cc3)OC2=O)ccc1OC(=O)C1CC1. The smallest absolute Gasteiger partial charge is 0.363 e. The Labute approximate surface area is 181 Å². The van der Waals surface area contributed by atoms with Crippen molar-refractivity contribution in [2.24, 2.45) is 10.9 Å². The van der Waals surface area contributed by atoms with E-state index in [1.54, 1.807) is 24.3 Å². The van der Waals surface area contributed by atoms with Crippen molar-refractivity contribution >= 4 is 23.9 Å². The molecule has 1 fully saturated rings. The van der Waals surface area contributed by atoms with Gasteiger partial charge in [-0.05, 0) is 59.7 Å². The summed E-state index contributed by atoms with van der Waals surface area (Å²) in [5.74, 6) is 0.285. The van der Waals surface area contributed by atoms with Gasteiger partial charge >= 0.3 is 11.9 Å². The molecular formula is C25H25NO5. The van der Waals surface area contributed by atoms with Crippen molar-refractivity contribution in [2.45, 2.75) is 39.0 Å². The third-order valence-electron chi connectivity index (χ3n) is 5.23. The maximum Gasteiger partial charge on any atom is 0.363 e. The number of hydrogen-bond donors (Lipinski definition) is 0. The third kappa shape index (κ3) is 4.68. The molecule has 0 spiro atoms. The quantitative estimate of drug-likeness (QED) is 0.401. The number of nitrogens with zero attached hydrogens (tertiary/aromatic N) is 1. The predicted molar refractivity (Wildman–Crippen MR) is 117 cm³/mol. The van der Waals surface area contributed by atoms with Crippen LogP contribution in [-0.2, 0) is 19.7 Å². The van der Waals surface area contributed by atoms with Crippen LogP contribution in [0.25, 0.3) is 6.08 Å². The summed E-state index contributed by atoms with van der Waals surface area (Å²) in [5, 5.41) is 0. The van der Waals surface area contributed by atoms with Crippen molar-refractivity contribution in [3.05, 3.63) is 64.9 Å². The molecule has 6 heteroatoms. The number of carbonyl (C=O) groups excluding carboxylic acids is 2. The van der Waals surface area contributed by atoms with Gasteiger partial charge in [0.05, 0.1) is 13.0 Å². The Morgan fingerprint density at radius 3 is 2.42 bits per heavy atom. The Kier molecular flexibility index (Phi) is 5.39. The molecule has 2 aromatic rings. The van der Waals surface area contributed by atoms with Crippen LogP contribution in [0.1, 0.15) is 50.3 Å². The van der Waals surface area contributed by atoms with E-state index in [9.17, 15) is 9.59 Å². The van der Waals surface area contributed by atoms with Gasteiger partial charge in [-0.2, -0.15) is 0 Å². The summed E-state index contributed by atoms with van der Waals surface area (Å²) in [5.41, 5.74) is 2.84. The van der Waals surface area contributed by atoms with Gasteiger partial charge in [0, 0.05) is 5.56 Å². The van der Waals surface area contributed by atoms with Gasteiger partial charge in [0.15, 0.2) is 17.2 Å². The number of ether oxygens (including phenoxy) is 3. The van der Waals surface area contributed by atoms with E-state index in [1.807, 2.05) is 24.3 Å². The first-order valence-electron chi connectivity index (χ1n) is 10.3. The fourth-order valence-electron chi connectivity index (χ4n) is 3.17. The van der Waals surface area contributed by atoms with E-state index in [4.69, 9.17) is 14.2 Å². The molecule has 0 radical (unpaired) electrons. The molecule has 2 aromatic carbocycles. The lowest BCUT2D eigenvalue weighted by Crippen LogP contribution is -2.11. The Balaban J connectivity index is 1.55. The lowest BCUT2D eigenvalue weighted by molar-refractivity contribution is -0.136. The monoisotopic (exact) mass is 419 g/mol. The minimum atomic E-state index is -0.516. The summed E-state index contributed by atoms with van der Waals surface area (Å²) in [6.07, 6.45) is 3.35. The summed E-state index contributed by atoms with van der Waals surface area (Å²) in [4.78, 5) is 28.6. The fourth-order valence-corrected chi connectivity index (χ4v) is 3.17. The molecule has 1 heterocycles. The topological polar surface area (TPSA) is 74.2 Å². The van der Waals surface area contributed by atoms with Crippen LogP contribution in [0.15, 0.2) is 53.2 Å². The van der Waals surface area contributed by atoms with Crippen molar-refractivity contribution in [2.75, 3.05) is 7.11 Å². The molecule has 1 aliphatic carbocycles. The Morgan fingerprint density at radius 2 is 1.81 bits per heavy atom. The van der Waals surface area contributed by atoms with Gasteiger partial charge in [0.2, 0.25) is 5.90 Å². The molecule has 0 N–H and O–H groups in total. The van der Waals surface area contributed by atoms with Crippen molar-refractivity contribution in [1.29, 1.82) is 0 Å². The van der Waals surface area contributed by atoms with Crippen LogP contribution >= 0.6 is 0 Å². The Morgan fingerprint density at radius 1 is 1.10 bits per heavy atom. The van der Waals surface area contributed by atoms with E-state index in [2.05, 4.69) is 25.8 Å². The first-order valence-corrected chi connectivity index (χ1v) is 10.3. The second-order valence-corrected chi connectivity index (χ2v) is 8.77. The normalized spacial score (nSPS) is 17.4. The molecule has 1 saturated carbocycles. The molecule has 4 rings (SSSR count). The minimum Gasteiger partial charge on any atom is -0.493 e. The van der Waals surface area contributed by atoms with Crippen LogP contribution in [0.3, 0.4) is 0 Å². The Hall–Kier alpha value is -3.41. The summed E-state index contributed by atoms with van der Waals surface area (Å²) in [6, 6.07) is 12.9. The summed E-state index contributed by atoms with van der Waals surface area (Å²) >= 11 is 0. The largest absolute Gasteiger partial charge is 0.493 e. The van der Waals surface area contributed by atoms with E-state index in [0.29, 0.717) is 17.1 Å². The highest BCUT2D eigenvalue weighted by Crippen LogP contribution is 2.35. The molecule has 2 aliphatic rings. The van der Waals surface area contributed by atoms with Gasteiger partial charge in [0.25, 0.3) is 0 Å².